The average Bonchev–Trinajstić information content (AvgIpc) is 2.36. The van der Waals surface area contributed by atoms with Crippen LogP contribution in [0.3, 0.4) is 0 Å². The van der Waals surface area contributed by atoms with Crippen LogP contribution in [0.1, 0.15) is 31.7 Å². The van der Waals surface area contributed by atoms with Gasteiger partial charge in [0, 0.05) is 18.2 Å². The average molecular weight is 239 g/mol. The summed E-state index contributed by atoms with van der Waals surface area (Å²) in [5.41, 5.74) is 0.633. The zero-order chi connectivity index (χ0) is 12.5. The highest BCUT2D eigenvalue weighted by atomic mass is 19.1. The van der Waals surface area contributed by atoms with E-state index < -0.39 is 0 Å². The number of nitrogens with one attached hydrogen (secondary N) is 1. The van der Waals surface area contributed by atoms with Gasteiger partial charge >= 0.3 is 0 Å². The first-order chi connectivity index (χ1) is 8.27. The second kappa shape index (κ2) is 8.20. The summed E-state index contributed by atoms with van der Waals surface area (Å²) in [6.45, 7) is 3.22. The Morgan fingerprint density at radius 3 is 2.76 bits per heavy atom. The fourth-order valence-electron chi connectivity index (χ4n) is 1.78. The topological polar surface area (TPSA) is 21.3 Å². The molecule has 0 aromatic heterocycles. The van der Waals surface area contributed by atoms with Crippen LogP contribution in [-0.2, 0) is 11.3 Å². The molecule has 1 rings (SSSR count). The van der Waals surface area contributed by atoms with Gasteiger partial charge in [0.25, 0.3) is 0 Å². The van der Waals surface area contributed by atoms with Crippen LogP contribution in [0.2, 0.25) is 0 Å². The molecule has 0 aliphatic carbocycles. The summed E-state index contributed by atoms with van der Waals surface area (Å²) in [4.78, 5) is 0. The third-order valence-electron chi connectivity index (χ3n) is 2.96. The van der Waals surface area contributed by atoms with Crippen molar-refractivity contribution >= 4 is 0 Å². The first-order valence-corrected chi connectivity index (χ1v) is 6.26. The second-order valence-corrected chi connectivity index (χ2v) is 4.18. The Balaban J connectivity index is 2.14. The maximum atomic E-state index is 13.2. The molecule has 0 bridgehead atoms. The number of hydrogen-bond donors (Lipinski definition) is 1. The first-order valence-electron chi connectivity index (χ1n) is 6.26. The third kappa shape index (κ3) is 5.29. The quantitative estimate of drug-likeness (QED) is 0.704. The van der Waals surface area contributed by atoms with Gasteiger partial charge in [-0.15, -0.1) is 0 Å². The van der Waals surface area contributed by atoms with E-state index in [-0.39, 0.29) is 5.82 Å². The van der Waals surface area contributed by atoms with Crippen molar-refractivity contribution in [2.24, 2.45) is 0 Å². The smallest absolute Gasteiger partial charge is 0.128 e. The van der Waals surface area contributed by atoms with Gasteiger partial charge in [0.05, 0.1) is 6.61 Å². The molecule has 1 aromatic rings. The molecule has 1 unspecified atom stereocenters. The molecule has 0 aliphatic heterocycles. The monoisotopic (exact) mass is 239 g/mol. The Morgan fingerprint density at radius 1 is 1.35 bits per heavy atom. The molecule has 1 atom stereocenters. The Morgan fingerprint density at radius 2 is 2.12 bits per heavy atom. The van der Waals surface area contributed by atoms with E-state index in [4.69, 9.17) is 4.74 Å². The Kier molecular flexibility index (Phi) is 6.82. The van der Waals surface area contributed by atoms with Gasteiger partial charge in [-0.25, -0.2) is 4.39 Å². The molecule has 0 aliphatic rings. The number of hydrogen-bond acceptors (Lipinski definition) is 2. The molecule has 1 N–H and O–H groups in total. The first kappa shape index (κ1) is 14.1. The lowest BCUT2D eigenvalue weighted by molar-refractivity contribution is 0.113. The summed E-state index contributed by atoms with van der Waals surface area (Å²) in [5, 5.41) is 3.25. The largest absolute Gasteiger partial charge is 0.377 e. The van der Waals surface area contributed by atoms with Gasteiger partial charge < -0.3 is 10.1 Å². The minimum Gasteiger partial charge on any atom is -0.377 e. The Bertz CT molecular complexity index is 313. The van der Waals surface area contributed by atoms with Crippen LogP contribution in [0, 0.1) is 5.82 Å². The van der Waals surface area contributed by atoms with E-state index in [1.54, 1.807) is 12.1 Å². The fourth-order valence-corrected chi connectivity index (χ4v) is 1.78. The molecule has 0 saturated heterocycles. The Hall–Kier alpha value is -0.930. The van der Waals surface area contributed by atoms with E-state index >= 15 is 0 Å². The molecule has 0 amide bonds. The van der Waals surface area contributed by atoms with Crippen LogP contribution in [0.15, 0.2) is 24.3 Å². The SMILES string of the molecule is CCC(CCCOCc1ccccc1F)NC. The summed E-state index contributed by atoms with van der Waals surface area (Å²) in [6, 6.07) is 7.31. The van der Waals surface area contributed by atoms with Gasteiger partial charge in [0.2, 0.25) is 0 Å². The summed E-state index contributed by atoms with van der Waals surface area (Å²) in [5.74, 6) is -0.186. The molecular formula is C14H22FNO. The van der Waals surface area contributed by atoms with Gasteiger partial charge in [-0.2, -0.15) is 0 Å². The molecule has 96 valence electrons. The molecule has 2 nitrogen and oxygen atoms in total. The molecule has 0 radical (unpaired) electrons. The number of rotatable bonds is 8. The van der Waals surface area contributed by atoms with Crippen molar-refractivity contribution in [3.8, 4) is 0 Å². The zero-order valence-corrected chi connectivity index (χ0v) is 10.7. The van der Waals surface area contributed by atoms with Crippen LogP contribution in [0.4, 0.5) is 4.39 Å². The molecule has 1 aromatic carbocycles. The van der Waals surface area contributed by atoms with Crippen LogP contribution in [0.25, 0.3) is 0 Å². The van der Waals surface area contributed by atoms with Gasteiger partial charge in [-0.05, 0) is 32.4 Å². The number of benzene rings is 1. The molecule has 3 heteroatoms. The van der Waals surface area contributed by atoms with E-state index in [0.29, 0.717) is 24.8 Å². The van der Waals surface area contributed by atoms with E-state index in [9.17, 15) is 4.39 Å². The maximum Gasteiger partial charge on any atom is 0.128 e. The normalized spacial score (nSPS) is 12.6. The van der Waals surface area contributed by atoms with E-state index in [1.165, 1.54) is 6.07 Å². The molecule has 0 spiro atoms. The van der Waals surface area contributed by atoms with Crippen molar-refractivity contribution in [2.75, 3.05) is 13.7 Å². The van der Waals surface area contributed by atoms with Crippen molar-refractivity contribution in [1.29, 1.82) is 0 Å². The zero-order valence-electron chi connectivity index (χ0n) is 10.7. The highest BCUT2D eigenvalue weighted by Crippen LogP contribution is 2.08. The summed E-state index contributed by atoms with van der Waals surface area (Å²) < 4.78 is 18.7. The lowest BCUT2D eigenvalue weighted by Crippen LogP contribution is -2.24. The Labute approximate surface area is 103 Å². The van der Waals surface area contributed by atoms with Gasteiger partial charge in [-0.3, -0.25) is 0 Å². The van der Waals surface area contributed by atoms with Crippen LogP contribution < -0.4 is 5.32 Å². The molecular weight excluding hydrogens is 217 g/mol. The lowest BCUT2D eigenvalue weighted by atomic mass is 10.1. The van der Waals surface area contributed by atoms with Gasteiger partial charge in [-0.1, -0.05) is 25.1 Å². The van der Waals surface area contributed by atoms with E-state index in [0.717, 1.165) is 19.3 Å². The van der Waals surface area contributed by atoms with Gasteiger partial charge in [0.15, 0.2) is 0 Å². The second-order valence-electron chi connectivity index (χ2n) is 4.18. The molecule has 0 heterocycles. The van der Waals surface area contributed by atoms with Crippen molar-refractivity contribution in [3.05, 3.63) is 35.6 Å². The molecule has 0 fully saturated rings. The van der Waals surface area contributed by atoms with E-state index in [1.807, 2.05) is 13.1 Å². The van der Waals surface area contributed by atoms with Crippen molar-refractivity contribution in [1.82, 2.24) is 5.32 Å². The van der Waals surface area contributed by atoms with Crippen LogP contribution in [0.5, 0.6) is 0 Å². The molecule has 17 heavy (non-hydrogen) atoms. The highest BCUT2D eigenvalue weighted by molar-refractivity contribution is 5.16. The summed E-state index contributed by atoms with van der Waals surface area (Å²) in [6.07, 6.45) is 3.24. The fraction of sp³-hybridized carbons (Fsp3) is 0.571. The van der Waals surface area contributed by atoms with Crippen molar-refractivity contribution in [2.45, 2.75) is 38.8 Å². The minimum atomic E-state index is -0.186. The maximum absolute atomic E-state index is 13.2. The van der Waals surface area contributed by atoms with Crippen molar-refractivity contribution in [3.63, 3.8) is 0 Å². The molecule has 0 saturated carbocycles. The predicted molar refractivity (Wildman–Crippen MR) is 68.4 cm³/mol. The third-order valence-corrected chi connectivity index (χ3v) is 2.96. The predicted octanol–water partition coefficient (Wildman–Crippen LogP) is 3.12. The number of halogens is 1. The van der Waals surface area contributed by atoms with Gasteiger partial charge in [0.1, 0.15) is 5.82 Å². The standard InChI is InChI=1S/C14H22FNO/c1-3-13(16-2)8-6-10-17-11-12-7-4-5-9-14(12)15/h4-5,7,9,13,16H,3,6,8,10-11H2,1-2H3. The van der Waals surface area contributed by atoms with Crippen molar-refractivity contribution < 1.29 is 9.13 Å². The summed E-state index contributed by atoms with van der Waals surface area (Å²) >= 11 is 0. The highest BCUT2D eigenvalue weighted by Gasteiger charge is 2.03. The van der Waals surface area contributed by atoms with E-state index in [2.05, 4.69) is 12.2 Å². The lowest BCUT2D eigenvalue weighted by Gasteiger charge is -2.13. The van der Waals surface area contributed by atoms with Crippen LogP contribution in [-0.4, -0.2) is 19.7 Å². The minimum absolute atomic E-state index is 0.186. The summed E-state index contributed by atoms with van der Waals surface area (Å²) in [7, 11) is 1.98. The van der Waals surface area contributed by atoms with Crippen LogP contribution >= 0.6 is 0 Å². The number of ether oxygens (including phenoxy) is 1.